The Hall–Kier alpha value is -4.02. The standard InChI is InChI=1S/C27H16ClN3O/c28-21-16-15-20(23-19-13-7-8-14-22(19)32-24(21)23)27-30-25(17-9-3-1-4-10-17)29-26(31-27)18-11-5-2-6-12-18/h1-16H. The van der Waals surface area contributed by atoms with Crippen LogP contribution in [0.2, 0.25) is 5.02 Å². The Morgan fingerprint density at radius 1 is 0.562 bits per heavy atom. The van der Waals surface area contributed by atoms with Crippen molar-refractivity contribution in [2.45, 2.75) is 0 Å². The summed E-state index contributed by atoms with van der Waals surface area (Å²) in [5, 5.41) is 2.43. The highest BCUT2D eigenvalue weighted by Gasteiger charge is 2.19. The number of para-hydroxylation sites is 1. The Balaban J connectivity index is 1.67. The van der Waals surface area contributed by atoms with Gasteiger partial charge in [0.05, 0.1) is 5.02 Å². The van der Waals surface area contributed by atoms with E-state index in [0.29, 0.717) is 28.1 Å². The van der Waals surface area contributed by atoms with Crippen LogP contribution in [0.1, 0.15) is 0 Å². The van der Waals surface area contributed by atoms with Crippen LogP contribution in [0.3, 0.4) is 0 Å². The molecular weight excluding hydrogens is 418 g/mol. The Morgan fingerprint density at radius 2 is 1.12 bits per heavy atom. The zero-order valence-corrected chi connectivity index (χ0v) is 17.6. The molecule has 0 fully saturated rings. The lowest BCUT2D eigenvalue weighted by Gasteiger charge is -2.09. The van der Waals surface area contributed by atoms with Crippen molar-refractivity contribution in [3.8, 4) is 34.2 Å². The summed E-state index contributed by atoms with van der Waals surface area (Å²) in [5.41, 5.74) is 4.11. The minimum Gasteiger partial charge on any atom is -0.454 e. The van der Waals surface area contributed by atoms with Crippen molar-refractivity contribution in [1.29, 1.82) is 0 Å². The molecule has 6 aromatic rings. The van der Waals surface area contributed by atoms with Gasteiger partial charge in [-0.25, -0.2) is 15.0 Å². The molecule has 0 saturated heterocycles. The molecule has 0 aliphatic heterocycles. The number of fused-ring (bicyclic) bond motifs is 3. The number of hydrogen-bond acceptors (Lipinski definition) is 4. The number of halogens is 1. The molecule has 0 amide bonds. The van der Waals surface area contributed by atoms with Gasteiger partial charge in [-0.05, 0) is 18.2 Å². The van der Waals surface area contributed by atoms with Crippen LogP contribution in [0.25, 0.3) is 56.1 Å². The smallest absolute Gasteiger partial charge is 0.164 e. The number of nitrogens with zero attached hydrogens (tertiary/aromatic N) is 3. The number of aromatic nitrogens is 3. The van der Waals surface area contributed by atoms with Crippen molar-refractivity contribution in [1.82, 2.24) is 15.0 Å². The van der Waals surface area contributed by atoms with E-state index in [2.05, 4.69) is 0 Å². The number of furan rings is 1. The molecule has 0 unspecified atom stereocenters. The fourth-order valence-electron chi connectivity index (χ4n) is 3.91. The van der Waals surface area contributed by atoms with Gasteiger partial charge in [0.2, 0.25) is 0 Å². The van der Waals surface area contributed by atoms with Crippen molar-refractivity contribution < 1.29 is 4.42 Å². The zero-order valence-electron chi connectivity index (χ0n) is 16.9. The van der Waals surface area contributed by atoms with Crippen molar-refractivity contribution in [2.24, 2.45) is 0 Å². The van der Waals surface area contributed by atoms with E-state index >= 15 is 0 Å². The number of hydrogen-bond donors (Lipinski definition) is 0. The van der Waals surface area contributed by atoms with Gasteiger partial charge in [0.25, 0.3) is 0 Å². The van der Waals surface area contributed by atoms with Gasteiger partial charge < -0.3 is 4.42 Å². The second-order valence-corrected chi connectivity index (χ2v) is 7.84. The first kappa shape index (κ1) is 18.7. The fraction of sp³-hybridized carbons (Fsp3) is 0. The number of benzene rings is 4. The predicted molar refractivity (Wildman–Crippen MR) is 128 cm³/mol. The van der Waals surface area contributed by atoms with Crippen LogP contribution in [-0.4, -0.2) is 15.0 Å². The quantitative estimate of drug-likeness (QED) is 0.291. The normalized spacial score (nSPS) is 11.3. The third kappa shape index (κ3) is 3.13. The summed E-state index contributed by atoms with van der Waals surface area (Å²) in [6.07, 6.45) is 0. The second kappa shape index (κ2) is 7.59. The first-order valence-corrected chi connectivity index (χ1v) is 10.6. The molecule has 152 valence electrons. The molecule has 0 aliphatic rings. The topological polar surface area (TPSA) is 51.8 Å². The monoisotopic (exact) mass is 433 g/mol. The summed E-state index contributed by atoms with van der Waals surface area (Å²) in [6.45, 7) is 0. The van der Waals surface area contributed by atoms with Crippen LogP contribution in [0.4, 0.5) is 0 Å². The number of rotatable bonds is 3. The second-order valence-electron chi connectivity index (χ2n) is 7.44. The molecule has 0 atom stereocenters. The first-order valence-electron chi connectivity index (χ1n) is 10.2. The van der Waals surface area contributed by atoms with Gasteiger partial charge in [-0.15, -0.1) is 0 Å². The molecule has 6 rings (SSSR count). The molecule has 4 aromatic carbocycles. The lowest BCUT2D eigenvalue weighted by molar-refractivity contribution is 0.669. The molecule has 0 spiro atoms. The van der Waals surface area contributed by atoms with E-state index in [-0.39, 0.29) is 0 Å². The average molecular weight is 434 g/mol. The maximum Gasteiger partial charge on any atom is 0.164 e. The van der Waals surface area contributed by atoms with Crippen LogP contribution >= 0.6 is 11.6 Å². The van der Waals surface area contributed by atoms with E-state index in [4.69, 9.17) is 31.0 Å². The van der Waals surface area contributed by atoms with Crippen molar-refractivity contribution >= 4 is 33.5 Å². The van der Waals surface area contributed by atoms with Gasteiger partial charge in [-0.2, -0.15) is 0 Å². The van der Waals surface area contributed by atoms with Crippen molar-refractivity contribution in [2.75, 3.05) is 0 Å². The van der Waals surface area contributed by atoms with Crippen LogP contribution in [0.15, 0.2) is 101 Å². The van der Waals surface area contributed by atoms with Crippen LogP contribution in [0.5, 0.6) is 0 Å². The molecule has 5 heteroatoms. The first-order chi connectivity index (χ1) is 15.8. The van der Waals surface area contributed by atoms with E-state index < -0.39 is 0 Å². The molecule has 0 N–H and O–H groups in total. The lowest BCUT2D eigenvalue weighted by Crippen LogP contribution is -2.00. The third-order valence-corrected chi connectivity index (χ3v) is 5.72. The third-order valence-electron chi connectivity index (χ3n) is 5.42. The van der Waals surface area contributed by atoms with Crippen molar-refractivity contribution in [3.05, 3.63) is 102 Å². The molecule has 0 aliphatic carbocycles. The predicted octanol–water partition coefficient (Wildman–Crippen LogP) is 7.43. The SMILES string of the molecule is Clc1ccc(-c2nc(-c3ccccc3)nc(-c3ccccc3)n2)c2c1oc1ccccc12. The van der Waals surface area contributed by atoms with E-state index in [1.54, 1.807) is 0 Å². The maximum atomic E-state index is 6.50. The van der Waals surface area contributed by atoms with E-state index in [9.17, 15) is 0 Å². The van der Waals surface area contributed by atoms with Gasteiger partial charge in [-0.1, -0.05) is 90.5 Å². The van der Waals surface area contributed by atoms with Gasteiger partial charge in [0.1, 0.15) is 5.58 Å². The summed E-state index contributed by atoms with van der Waals surface area (Å²) < 4.78 is 6.07. The highest BCUT2D eigenvalue weighted by atomic mass is 35.5. The average Bonchev–Trinajstić information content (AvgIpc) is 3.26. The molecule has 2 heterocycles. The summed E-state index contributed by atoms with van der Waals surface area (Å²) in [4.78, 5) is 14.5. The van der Waals surface area contributed by atoms with Gasteiger partial charge in [0, 0.05) is 27.5 Å². The lowest BCUT2D eigenvalue weighted by atomic mass is 10.1. The summed E-state index contributed by atoms with van der Waals surface area (Å²) in [7, 11) is 0. The Kier molecular flexibility index (Phi) is 4.44. The minimum absolute atomic E-state index is 0.556. The Labute approximate surface area is 189 Å². The fourth-order valence-corrected chi connectivity index (χ4v) is 4.11. The Morgan fingerprint density at radius 3 is 1.78 bits per heavy atom. The van der Waals surface area contributed by atoms with Crippen LogP contribution in [-0.2, 0) is 0 Å². The van der Waals surface area contributed by atoms with Crippen LogP contribution in [0, 0.1) is 0 Å². The summed E-state index contributed by atoms with van der Waals surface area (Å²) >= 11 is 6.50. The Bertz CT molecular complexity index is 1520. The molecule has 0 bridgehead atoms. The molecular formula is C27H16ClN3O. The summed E-state index contributed by atoms with van der Waals surface area (Å²) in [6, 6.07) is 31.5. The molecule has 0 saturated carbocycles. The van der Waals surface area contributed by atoms with E-state index in [1.807, 2.05) is 97.1 Å². The van der Waals surface area contributed by atoms with Crippen LogP contribution < -0.4 is 0 Å². The van der Waals surface area contributed by atoms with E-state index in [1.165, 1.54) is 0 Å². The molecule has 4 nitrogen and oxygen atoms in total. The maximum absolute atomic E-state index is 6.50. The highest BCUT2D eigenvalue weighted by molar-refractivity contribution is 6.36. The van der Waals surface area contributed by atoms with Crippen molar-refractivity contribution in [3.63, 3.8) is 0 Å². The van der Waals surface area contributed by atoms with Gasteiger partial charge in [-0.3, -0.25) is 0 Å². The van der Waals surface area contributed by atoms with Gasteiger partial charge >= 0.3 is 0 Å². The van der Waals surface area contributed by atoms with E-state index in [0.717, 1.165) is 33.0 Å². The minimum atomic E-state index is 0.556. The van der Waals surface area contributed by atoms with Gasteiger partial charge in [0.15, 0.2) is 23.1 Å². The molecule has 32 heavy (non-hydrogen) atoms. The highest BCUT2D eigenvalue weighted by Crippen LogP contribution is 2.39. The summed E-state index contributed by atoms with van der Waals surface area (Å²) in [5.74, 6) is 1.81. The molecule has 2 aromatic heterocycles. The molecule has 0 radical (unpaired) electrons. The largest absolute Gasteiger partial charge is 0.454 e. The zero-order chi connectivity index (χ0) is 21.5.